The van der Waals surface area contributed by atoms with E-state index in [4.69, 9.17) is 5.73 Å². The first kappa shape index (κ1) is 13.1. The Bertz CT molecular complexity index is 678. The summed E-state index contributed by atoms with van der Waals surface area (Å²) >= 11 is 1.27. The van der Waals surface area contributed by atoms with Gasteiger partial charge in [0, 0.05) is 30.6 Å². The Morgan fingerprint density at radius 3 is 2.89 bits per heavy atom. The molecule has 1 aromatic heterocycles. The lowest BCUT2D eigenvalue weighted by atomic mass is 10.2. The smallest absolute Gasteiger partial charge is 0.343 e. The van der Waals surface area contributed by atoms with Crippen molar-refractivity contribution in [2.24, 2.45) is 7.05 Å². The minimum absolute atomic E-state index is 0.0132. The van der Waals surface area contributed by atoms with Crippen molar-refractivity contribution >= 4 is 23.1 Å². The highest BCUT2D eigenvalue weighted by atomic mass is 32.2. The Morgan fingerprint density at radius 2 is 2.32 bits per heavy atom. The van der Waals surface area contributed by atoms with E-state index in [1.165, 1.54) is 34.5 Å². The summed E-state index contributed by atoms with van der Waals surface area (Å²) < 4.78 is 1.36. The van der Waals surface area contributed by atoms with Crippen molar-refractivity contribution in [2.75, 3.05) is 5.73 Å². The van der Waals surface area contributed by atoms with Crippen LogP contribution < -0.4 is 11.4 Å². The third kappa shape index (κ3) is 2.76. The van der Waals surface area contributed by atoms with Crippen LogP contribution in [0.25, 0.3) is 0 Å². The Hall–Kier alpha value is -2.29. The van der Waals surface area contributed by atoms with Crippen molar-refractivity contribution < 1.29 is 4.92 Å². The number of nitrogens with zero attached hydrogens (tertiary/aromatic N) is 3. The molecule has 0 saturated heterocycles. The second-order valence-electron chi connectivity index (χ2n) is 3.80. The van der Waals surface area contributed by atoms with Crippen LogP contribution in [0.5, 0.6) is 0 Å². The molecule has 2 aromatic rings. The molecule has 19 heavy (non-hydrogen) atoms. The lowest BCUT2D eigenvalue weighted by Crippen LogP contribution is -2.12. The number of hydrogen-bond donors (Lipinski definition) is 2. The molecule has 0 aliphatic rings. The Labute approximate surface area is 111 Å². The summed E-state index contributed by atoms with van der Waals surface area (Å²) in [6.45, 7) is 0. The molecule has 3 N–H and O–H groups in total. The molecule has 0 aliphatic heterocycles. The first-order valence-electron chi connectivity index (χ1n) is 5.26. The average Bonchev–Trinajstić information content (AvgIpc) is 2.69. The Balaban J connectivity index is 2.19. The van der Waals surface area contributed by atoms with Gasteiger partial charge in [0.25, 0.3) is 5.69 Å². The van der Waals surface area contributed by atoms with E-state index in [0.29, 0.717) is 22.2 Å². The molecular formula is C10H11N5O3S. The molecule has 100 valence electrons. The number of nitrogens with two attached hydrogens (primary N) is 1. The summed E-state index contributed by atoms with van der Waals surface area (Å²) in [6.07, 6.45) is 0. The zero-order valence-corrected chi connectivity index (χ0v) is 10.8. The molecule has 0 fully saturated rings. The highest BCUT2D eigenvalue weighted by Crippen LogP contribution is 2.26. The van der Waals surface area contributed by atoms with Crippen molar-refractivity contribution in [1.29, 1.82) is 0 Å². The quantitative estimate of drug-likeness (QED) is 0.371. The molecule has 0 atom stereocenters. The Morgan fingerprint density at radius 1 is 1.58 bits per heavy atom. The predicted octanol–water partition coefficient (Wildman–Crippen LogP) is 0.891. The number of H-pyrrole nitrogens is 1. The van der Waals surface area contributed by atoms with Crippen LogP contribution >= 0.6 is 11.8 Å². The van der Waals surface area contributed by atoms with E-state index < -0.39 is 4.92 Å². The number of nitro groups is 1. The largest absolute Gasteiger partial charge is 0.398 e. The van der Waals surface area contributed by atoms with Crippen LogP contribution in [0.15, 0.2) is 28.2 Å². The molecule has 0 spiro atoms. The molecule has 8 nitrogen and oxygen atoms in total. The lowest BCUT2D eigenvalue weighted by Gasteiger charge is -2.04. The maximum Gasteiger partial charge on any atom is 0.343 e. The van der Waals surface area contributed by atoms with Gasteiger partial charge in [0.1, 0.15) is 0 Å². The fourth-order valence-electron chi connectivity index (χ4n) is 1.43. The summed E-state index contributed by atoms with van der Waals surface area (Å²) in [5.74, 6) is 0.394. The standard InChI is InChI=1S/C10H11N5O3S/c1-14-9(16)12-13-10(14)19-5-6-4-7(15(17)18)2-3-8(6)11/h2-4H,5,11H2,1H3,(H,12,16). The maximum atomic E-state index is 11.2. The highest BCUT2D eigenvalue weighted by molar-refractivity contribution is 7.98. The van der Waals surface area contributed by atoms with E-state index in [2.05, 4.69) is 10.2 Å². The predicted molar refractivity (Wildman–Crippen MR) is 70.9 cm³/mol. The lowest BCUT2D eigenvalue weighted by molar-refractivity contribution is -0.384. The van der Waals surface area contributed by atoms with Crippen LogP contribution in [-0.4, -0.2) is 19.7 Å². The molecule has 0 radical (unpaired) electrons. The van der Waals surface area contributed by atoms with E-state index >= 15 is 0 Å². The number of anilines is 1. The molecule has 0 bridgehead atoms. The molecule has 0 amide bonds. The normalized spacial score (nSPS) is 10.6. The summed E-state index contributed by atoms with van der Waals surface area (Å²) in [6, 6.07) is 4.28. The number of aromatic nitrogens is 3. The van der Waals surface area contributed by atoms with E-state index in [9.17, 15) is 14.9 Å². The van der Waals surface area contributed by atoms with E-state index in [-0.39, 0.29) is 11.4 Å². The molecule has 0 unspecified atom stereocenters. The van der Waals surface area contributed by atoms with Gasteiger partial charge in [-0.25, -0.2) is 9.89 Å². The fourth-order valence-corrected chi connectivity index (χ4v) is 2.36. The number of benzene rings is 1. The number of rotatable bonds is 4. The van der Waals surface area contributed by atoms with Crippen LogP contribution in [0, 0.1) is 10.1 Å². The number of thioether (sulfide) groups is 1. The monoisotopic (exact) mass is 281 g/mol. The molecule has 0 saturated carbocycles. The number of nitrogens with one attached hydrogen (secondary N) is 1. The second-order valence-corrected chi connectivity index (χ2v) is 4.74. The van der Waals surface area contributed by atoms with Gasteiger partial charge in [-0.1, -0.05) is 11.8 Å². The van der Waals surface area contributed by atoms with Crippen LogP contribution in [0.2, 0.25) is 0 Å². The summed E-state index contributed by atoms with van der Waals surface area (Å²) in [7, 11) is 1.59. The van der Waals surface area contributed by atoms with Crippen LogP contribution in [0.4, 0.5) is 11.4 Å². The third-order valence-electron chi connectivity index (χ3n) is 2.53. The maximum absolute atomic E-state index is 11.2. The van der Waals surface area contributed by atoms with Gasteiger partial charge in [-0.15, -0.1) is 5.10 Å². The van der Waals surface area contributed by atoms with Crippen molar-refractivity contribution in [3.8, 4) is 0 Å². The number of non-ortho nitro benzene ring substituents is 1. The molecule has 1 heterocycles. The minimum atomic E-state index is -0.474. The van der Waals surface area contributed by atoms with Gasteiger partial charge < -0.3 is 5.73 Å². The van der Waals surface area contributed by atoms with Crippen LogP contribution in [0.3, 0.4) is 0 Å². The van der Waals surface area contributed by atoms with Crippen molar-refractivity contribution in [1.82, 2.24) is 14.8 Å². The minimum Gasteiger partial charge on any atom is -0.398 e. The van der Waals surface area contributed by atoms with Crippen molar-refractivity contribution in [3.05, 3.63) is 44.4 Å². The van der Waals surface area contributed by atoms with Crippen LogP contribution in [0.1, 0.15) is 5.56 Å². The summed E-state index contributed by atoms with van der Waals surface area (Å²) in [5, 5.41) is 17.3. The van der Waals surface area contributed by atoms with Gasteiger partial charge in [0.15, 0.2) is 5.16 Å². The molecule has 0 aliphatic carbocycles. The molecular weight excluding hydrogens is 270 g/mol. The molecule has 9 heteroatoms. The highest BCUT2D eigenvalue weighted by Gasteiger charge is 2.11. The van der Waals surface area contributed by atoms with Gasteiger partial charge >= 0.3 is 5.69 Å². The first-order valence-corrected chi connectivity index (χ1v) is 6.24. The fraction of sp³-hybridized carbons (Fsp3) is 0.200. The van der Waals surface area contributed by atoms with Gasteiger partial charge in [-0.3, -0.25) is 14.7 Å². The van der Waals surface area contributed by atoms with Crippen molar-refractivity contribution in [2.45, 2.75) is 10.9 Å². The summed E-state index contributed by atoms with van der Waals surface area (Å²) in [4.78, 5) is 21.4. The zero-order valence-electron chi connectivity index (χ0n) is 9.99. The second kappa shape index (κ2) is 5.14. The van der Waals surface area contributed by atoms with Crippen LogP contribution in [-0.2, 0) is 12.8 Å². The number of aromatic amines is 1. The molecule has 1 aromatic carbocycles. The number of nitrogen functional groups attached to an aromatic ring is 1. The van der Waals surface area contributed by atoms with Gasteiger partial charge in [0.05, 0.1) is 4.92 Å². The first-order chi connectivity index (χ1) is 8.99. The zero-order chi connectivity index (χ0) is 14.0. The van der Waals surface area contributed by atoms with Gasteiger partial charge in [0.2, 0.25) is 0 Å². The van der Waals surface area contributed by atoms with Crippen molar-refractivity contribution in [3.63, 3.8) is 0 Å². The number of hydrogen-bond acceptors (Lipinski definition) is 6. The SMILES string of the molecule is Cn1c(SCc2cc([N+](=O)[O-])ccc2N)n[nH]c1=O. The van der Waals surface area contributed by atoms with Gasteiger partial charge in [-0.2, -0.15) is 0 Å². The topological polar surface area (TPSA) is 120 Å². The van der Waals surface area contributed by atoms with Gasteiger partial charge in [-0.05, 0) is 11.6 Å². The molecule has 2 rings (SSSR count). The Kier molecular flexibility index (Phi) is 3.56. The van der Waals surface area contributed by atoms with E-state index in [1.54, 1.807) is 7.05 Å². The summed E-state index contributed by atoms with van der Waals surface area (Å²) in [5.41, 5.74) is 6.55. The average molecular weight is 281 g/mol. The number of nitro benzene ring substituents is 1. The van der Waals surface area contributed by atoms with E-state index in [1.807, 2.05) is 0 Å². The van der Waals surface area contributed by atoms with E-state index in [0.717, 1.165) is 0 Å². The third-order valence-corrected chi connectivity index (χ3v) is 3.61.